The lowest BCUT2D eigenvalue weighted by molar-refractivity contribution is -0.121. The van der Waals surface area contributed by atoms with Gasteiger partial charge < -0.3 is 9.88 Å². The van der Waals surface area contributed by atoms with Gasteiger partial charge >= 0.3 is 0 Å². The largest absolute Gasteiger partial charge is 0.339 e. The fourth-order valence-electron chi connectivity index (χ4n) is 5.11. The molecule has 0 atom stereocenters. The Bertz CT molecular complexity index is 1350. The van der Waals surface area contributed by atoms with Crippen molar-refractivity contribution in [1.82, 2.24) is 9.47 Å². The van der Waals surface area contributed by atoms with E-state index in [9.17, 15) is 4.79 Å². The number of benzene rings is 3. The molecule has 5 rings (SSSR count). The van der Waals surface area contributed by atoms with Crippen LogP contribution in [-0.2, 0) is 17.9 Å². The third kappa shape index (κ3) is 5.29. The van der Waals surface area contributed by atoms with E-state index in [4.69, 9.17) is 11.6 Å². The number of hydrogen-bond donors (Lipinski definition) is 1. The number of rotatable bonds is 6. The van der Waals surface area contributed by atoms with Crippen molar-refractivity contribution in [3.05, 3.63) is 100 Å². The second kappa shape index (κ2) is 10.3. The van der Waals surface area contributed by atoms with Crippen LogP contribution in [0.4, 0.5) is 5.69 Å². The van der Waals surface area contributed by atoms with Crippen LogP contribution in [0.2, 0.25) is 5.02 Å². The van der Waals surface area contributed by atoms with Gasteiger partial charge in [0.2, 0.25) is 5.91 Å². The van der Waals surface area contributed by atoms with Gasteiger partial charge in [0.15, 0.2) is 0 Å². The van der Waals surface area contributed by atoms with Crippen molar-refractivity contribution in [1.29, 1.82) is 0 Å². The predicted molar refractivity (Wildman–Crippen MR) is 145 cm³/mol. The van der Waals surface area contributed by atoms with Crippen molar-refractivity contribution in [3.8, 4) is 0 Å². The lowest BCUT2D eigenvalue weighted by Gasteiger charge is -2.31. The van der Waals surface area contributed by atoms with Crippen LogP contribution >= 0.6 is 11.6 Å². The summed E-state index contributed by atoms with van der Waals surface area (Å²) in [5.74, 6) is 0.205. The SMILES string of the molecule is Cc1cccc(NC(=O)C2CCN(Cc3cc4ccccc4n3Cc3cccc(Cl)c3)CC2)c1C. The number of fused-ring (bicyclic) bond motifs is 1. The Kier molecular flexibility index (Phi) is 6.94. The topological polar surface area (TPSA) is 37.3 Å². The molecule has 35 heavy (non-hydrogen) atoms. The third-order valence-corrected chi connectivity index (χ3v) is 7.57. The maximum Gasteiger partial charge on any atom is 0.227 e. The summed E-state index contributed by atoms with van der Waals surface area (Å²) >= 11 is 6.26. The zero-order valence-corrected chi connectivity index (χ0v) is 21.2. The third-order valence-electron chi connectivity index (χ3n) is 7.33. The summed E-state index contributed by atoms with van der Waals surface area (Å²) in [4.78, 5) is 15.4. The van der Waals surface area contributed by atoms with Gasteiger partial charge in [-0.15, -0.1) is 0 Å². The van der Waals surface area contributed by atoms with Gasteiger partial charge in [-0.25, -0.2) is 0 Å². The number of carbonyl (C=O) groups is 1. The predicted octanol–water partition coefficient (Wildman–Crippen LogP) is 6.81. The van der Waals surface area contributed by atoms with Gasteiger partial charge in [0.05, 0.1) is 0 Å². The van der Waals surface area contributed by atoms with E-state index in [2.05, 4.69) is 71.1 Å². The standard InChI is InChI=1S/C30H32ClN3O/c1-21-7-5-11-28(22(21)2)32-30(35)24-13-15-33(16-14-24)20-27-18-25-9-3-4-12-29(25)34(27)19-23-8-6-10-26(31)17-23/h3-12,17-18,24H,13-16,19-20H2,1-2H3,(H,32,35). The van der Waals surface area contributed by atoms with E-state index in [0.717, 1.165) is 55.3 Å². The van der Waals surface area contributed by atoms with Crippen molar-refractivity contribution in [2.75, 3.05) is 18.4 Å². The van der Waals surface area contributed by atoms with E-state index >= 15 is 0 Å². The Labute approximate surface area is 212 Å². The molecule has 1 saturated heterocycles. The van der Waals surface area contributed by atoms with Gasteiger partial charge in [0, 0.05) is 40.9 Å². The molecule has 180 valence electrons. The van der Waals surface area contributed by atoms with Crippen LogP contribution in [0.1, 0.15) is 35.2 Å². The average Bonchev–Trinajstić information content (AvgIpc) is 3.19. The second-order valence-electron chi connectivity index (χ2n) is 9.70. The van der Waals surface area contributed by atoms with Crippen molar-refractivity contribution in [3.63, 3.8) is 0 Å². The average molecular weight is 486 g/mol. The Morgan fingerprint density at radius 3 is 2.51 bits per heavy atom. The Hall–Kier alpha value is -3.08. The normalized spacial score (nSPS) is 14.9. The summed E-state index contributed by atoms with van der Waals surface area (Å²) in [5.41, 5.74) is 7.01. The number of hydrogen-bond acceptors (Lipinski definition) is 2. The van der Waals surface area contributed by atoms with Crippen LogP contribution in [0.15, 0.2) is 72.8 Å². The smallest absolute Gasteiger partial charge is 0.227 e. The first-order chi connectivity index (χ1) is 17.0. The Morgan fingerprint density at radius 2 is 1.71 bits per heavy atom. The molecule has 0 bridgehead atoms. The molecular formula is C30H32ClN3O. The van der Waals surface area contributed by atoms with Crippen molar-refractivity contribution < 1.29 is 4.79 Å². The van der Waals surface area contributed by atoms with E-state index in [1.54, 1.807) is 0 Å². The number of carbonyl (C=O) groups excluding carboxylic acids is 1. The van der Waals surface area contributed by atoms with E-state index in [-0.39, 0.29) is 11.8 Å². The summed E-state index contributed by atoms with van der Waals surface area (Å²) < 4.78 is 2.40. The van der Waals surface area contributed by atoms with Gasteiger partial charge in [0.1, 0.15) is 0 Å². The quantitative estimate of drug-likeness (QED) is 0.325. The monoisotopic (exact) mass is 485 g/mol. The lowest BCUT2D eigenvalue weighted by Crippen LogP contribution is -2.38. The first-order valence-electron chi connectivity index (χ1n) is 12.4. The number of nitrogens with one attached hydrogen (secondary N) is 1. The summed E-state index contributed by atoms with van der Waals surface area (Å²) in [6.45, 7) is 7.65. The number of nitrogens with zero attached hydrogens (tertiary/aromatic N) is 2. The first-order valence-corrected chi connectivity index (χ1v) is 12.8. The highest BCUT2D eigenvalue weighted by molar-refractivity contribution is 6.30. The van der Waals surface area contributed by atoms with Crippen LogP contribution in [0.25, 0.3) is 10.9 Å². The minimum absolute atomic E-state index is 0.0588. The fraction of sp³-hybridized carbons (Fsp3) is 0.300. The molecule has 0 aliphatic carbocycles. The number of piperidine rings is 1. The maximum absolute atomic E-state index is 13.0. The summed E-state index contributed by atoms with van der Waals surface area (Å²) in [7, 11) is 0. The van der Waals surface area contributed by atoms with E-state index in [1.807, 2.05) is 30.3 Å². The molecule has 4 aromatic rings. The summed E-state index contributed by atoms with van der Waals surface area (Å²) in [6, 6.07) is 25.0. The van der Waals surface area contributed by atoms with E-state index in [1.165, 1.54) is 27.7 Å². The Balaban J connectivity index is 1.27. The van der Waals surface area contributed by atoms with Crippen LogP contribution in [0.5, 0.6) is 0 Å². The molecule has 4 nitrogen and oxygen atoms in total. The highest BCUT2D eigenvalue weighted by Gasteiger charge is 2.26. The van der Waals surface area contributed by atoms with Crippen LogP contribution in [0.3, 0.4) is 0 Å². The van der Waals surface area contributed by atoms with Gasteiger partial charge in [-0.2, -0.15) is 0 Å². The molecule has 1 N–H and O–H groups in total. The molecule has 3 aromatic carbocycles. The highest BCUT2D eigenvalue weighted by Crippen LogP contribution is 2.27. The molecular weight excluding hydrogens is 454 g/mol. The summed E-state index contributed by atoms with van der Waals surface area (Å²) in [6.07, 6.45) is 1.76. The number of anilines is 1. The lowest BCUT2D eigenvalue weighted by atomic mass is 9.95. The molecule has 0 saturated carbocycles. The molecule has 0 unspecified atom stereocenters. The van der Waals surface area contributed by atoms with Crippen LogP contribution in [0, 0.1) is 19.8 Å². The van der Waals surface area contributed by atoms with Crippen LogP contribution in [-0.4, -0.2) is 28.5 Å². The van der Waals surface area contributed by atoms with Crippen molar-refractivity contribution in [2.24, 2.45) is 5.92 Å². The minimum Gasteiger partial charge on any atom is -0.339 e. The van der Waals surface area contributed by atoms with Crippen molar-refractivity contribution in [2.45, 2.75) is 39.8 Å². The molecule has 2 heterocycles. The number of likely N-dealkylation sites (tertiary alicyclic amines) is 1. The second-order valence-corrected chi connectivity index (χ2v) is 10.1. The first kappa shape index (κ1) is 23.7. The molecule has 0 spiro atoms. The van der Waals surface area contributed by atoms with Gasteiger partial charge in [-0.3, -0.25) is 9.69 Å². The van der Waals surface area contributed by atoms with E-state index in [0.29, 0.717) is 0 Å². The zero-order chi connectivity index (χ0) is 24.4. The highest BCUT2D eigenvalue weighted by atomic mass is 35.5. The van der Waals surface area contributed by atoms with Gasteiger partial charge in [0.25, 0.3) is 0 Å². The molecule has 1 aromatic heterocycles. The number of halogens is 1. The molecule has 0 radical (unpaired) electrons. The minimum atomic E-state index is 0.0588. The van der Waals surface area contributed by atoms with Crippen molar-refractivity contribution >= 4 is 34.1 Å². The zero-order valence-electron chi connectivity index (χ0n) is 20.4. The van der Waals surface area contributed by atoms with E-state index < -0.39 is 0 Å². The molecule has 1 amide bonds. The van der Waals surface area contributed by atoms with Crippen LogP contribution < -0.4 is 5.32 Å². The Morgan fingerprint density at radius 1 is 0.943 bits per heavy atom. The molecule has 1 aliphatic heterocycles. The van der Waals surface area contributed by atoms with Gasteiger partial charge in [-0.1, -0.05) is 54.1 Å². The van der Waals surface area contributed by atoms with Gasteiger partial charge in [-0.05, 0) is 92.2 Å². The number of amides is 1. The molecule has 5 heteroatoms. The number of aromatic nitrogens is 1. The molecule has 1 fully saturated rings. The summed E-state index contributed by atoms with van der Waals surface area (Å²) in [5, 5.41) is 5.19. The fourth-order valence-corrected chi connectivity index (χ4v) is 5.32. The number of para-hydroxylation sites is 1. The maximum atomic E-state index is 13.0. The molecule has 1 aliphatic rings. The number of aryl methyl sites for hydroxylation is 1.